The van der Waals surface area contributed by atoms with E-state index in [-0.39, 0.29) is 18.3 Å². The van der Waals surface area contributed by atoms with Gasteiger partial charge in [0.15, 0.2) is 5.78 Å². The maximum absolute atomic E-state index is 12.2. The van der Waals surface area contributed by atoms with Gasteiger partial charge in [-0.25, -0.2) is 0 Å². The summed E-state index contributed by atoms with van der Waals surface area (Å²) in [6.07, 6.45) is 1.87. The molecule has 3 aliphatic rings. The molecular formula is C11H19NO3. The number of Topliss-reactive ketones (excluding diaryl/α,β-unsaturated/α-hetero) is 1. The average molecular weight is 213 g/mol. The Hall–Kier alpha value is -0.450. The van der Waals surface area contributed by atoms with Gasteiger partial charge < -0.3 is 9.84 Å². The van der Waals surface area contributed by atoms with Gasteiger partial charge >= 0.3 is 0 Å². The van der Waals surface area contributed by atoms with Crippen LogP contribution in [0, 0.1) is 5.92 Å². The molecule has 0 saturated carbocycles. The van der Waals surface area contributed by atoms with E-state index in [0.717, 1.165) is 19.4 Å². The van der Waals surface area contributed by atoms with Gasteiger partial charge in [0.05, 0.1) is 13.2 Å². The van der Waals surface area contributed by atoms with Gasteiger partial charge in [0, 0.05) is 25.6 Å². The third-order valence-corrected chi connectivity index (χ3v) is 3.90. The minimum absolute atomic E-state index is 0.124. The van der Waals surface area contributed by atoms with Crippen LogP contribution in [0.25, 0.3) is 0 Å². The minimum atomic E-state index is -0.755. The predicted octanol–water partition coefficient (Wildman–Crippen LogP) is 0.0471. The Bertz CT molecular complexity index is 269. The number of nitrogens with zero attached hydrogens (tertiary/aromatic N) is 1. The van der Waals surface area contributed by atoms with E-state index in [1.165, 1.54) is 0 Å². The van der Waals surface area contributed by atoms with Crippen LogP contribution in [0.5, 0.6) is 0 Å². The summed E-state index contributed by atoms with van der Waals surface area (Å²) in [5, 5.41) is 9.54. The molecule has 86 valence electrons. The molecule has 0 aromatic rings. The molecule has 4 heteroatoms. The molecule has 3 fully saturated rings. The first kappa shape index (κ1) is 11.0. The summed E-state index contributed by atoms with van der Waals surface area (Å²) in [7, 11) is 1.58. The lowest BCUT2D eigenvalue weighted by atomic mass is 9.71. The molecule has 0 spiro atoms. The second-order valence-corrected chi connectivity index (χ2v) is 4.75. The summed E-state index contributed by atoms with van der Waals surface area (Å²) in [6.45, 7) is 3.21. The van der Waals surface area contributed by atoms with Crippen molar-refractivity contribution in [2.75, 3.05) is 26.9 Å². The summed E-state index contributed by atoms with van der Waals surface area (Å²) in [5.74, 6) is 0.309. The van der Waals surface area contributed by atoms with Crippen molar-refractivity contribution in [3.8, 4) is 0 Å². The first-order valence-corrected chi connectivity index (χ1v) is 5.56. The molecule has 3 heterocycles. The molecule has 2 bridgehead atoms. The maximum Gasteiger partial charge on any atom is 0.161 e. The van der Waals surface area contributed by atoms with Crippen LogP contribution in [0.1, 0.15) is 19.8 Å². The fourth-order valence-corrected chi connectivity index (χ4v) is 3.17. The summed E-state index contributed by atoms with van der Waals surface area (Å²) in [4.78, 5) is 14.3. The zero-order chi connectivity index (χ0) is 11.1. The lowest BCUT2D eigenvalue weighted by molar-refractivity contribution is -0.164. The Kier molecular flexibility index (Phi) is 2.83. The highest BCUT2D eigenvalue weighted by atomic mass is 16.5. The quantitative estimate of drug-likeness (QED) is 0.719. The lowest BCUT2D eigenvalue weighted by Crippen LogP contribution is -2.71. The Labute approximate surface area is 90.2 Å². The SMILES string of the molecule is COC[C@]1(CO)C(=O)[C@@H]2CCN1[C@H](C)C2. The molecule has 0 aromatic carbocycles. The Morgan fingerprint density at radius 3 is 2.93 bits per heavy atom. The van der Waals surface area contributed by atoms with Crippen molar-refractivity contribution in [1.29, 1.82) is 0 Å². The van der Waals surface area contributed by atoms with E-state index in [1.807, 2.05) is 0 Å². The van der Waals surface area contributed by atoms with Crippen LogP contribution in [0.4, 0.5) is 0 Å². The first-order valence-electron chi connectivity index (χ1n) is 5.56. The first-order chi connectivity index (χ1) is 7.15. The zero-order valence-electron chi connectivity index (χ0n) is 9.40. The van der Waals surface area contributed by atoms with Crippen LogP contribution >= 0.6 is 0 Å². The van der Waals surface area contributed by atoms with Crippen LogP contribution in [0.15, 0.2) is 0 Å². The van der Waals surface area contributed by atoms with Crippen molar-refractivity contribution in [1.82, 2.24) is 4.90 Å². The van der Waals surface area contributed by atoms with Crippen molar-refractivity contribution in [3.63, 3.8) is 0 Å². The monoisotopic (exact) mass is 213 g/mol. The van der Waals surface area contributed by atoms with Crippen LogP contribution < -0.4 is 0 Å². The van der Waals surface area contributed by atoms with E-state index in [4.69, 9.17) is 4.74 Å². The number of carbonyl (C=O) groups is 1. The van der Waals surface area contributed by atoms with Gasteiger partial charge in [-0.15, -0.1) is 0 Å². The summed E-state index contributed by atoms with van der Waals surface area (Å²) >= 11 is 0. The average Bonchev–Trinajstić information content (AvgIpc) is 2.24. The molecule has 3 saturated heterocycles. The number of aliphatic hydroxyl groups is 1. The van der Waals surface area contributed by atoms with Gasteiger partial charge in [0.25, 0.3) is 0 Å². The lowest BCUT2D eigenvalue weighted by Gasteiger charge is -2.55. The Balaban J connectivity index is 2.32. The summed E-state index contributed by atoms with van der Waals surface area (Å²) < 4.78 is 5.12. The number of piperidine rings is 3. The molecule has 3 rings (SSSR count). The van der Waals surface area contributed by atoms with E-state index in [2.05, 4.69) is 11.8 Å². The molecule has 0 aliphatic carbocycles. The Morgan fingerprint density at radius 2 is 2.40 bits per heavy atom. The summed E-state index contributed by atoms with van der Waals surface area (Å²) in [5.41, 5.74) is -0.755. The molecule has 4 nitrogen and oxygen atoms in total. The molecule has 4 atom stereocenters. The number of fused-ring (bicyclic) bond motifs is 3. The second kappa shape index (κ2) is 3.85. The predicted molar refractivity (Wildman–Crippen MR) is 55.6 cm³/mol. The second-order valence-electron chi connectivity index (χ2n) is 4.75. The standard InChI is InChI=1S/C11H19NO3/c1-8-5-9-3-4-12(8)11(6-13,7-15-2)10(9)14/h8-9,13H,3-7H2,1-2H3/t8-,9-,11-/m1/s1. The van der Waals surface area contributed by atoms with Gasteiger partial charge in [-0.05, 0) is 19.8 Å². The van der Waals surface area contributed by atoms with Crippen LogP contribution in [-0.2, 0) is 9.53 Å². The highest BCUT2D eigenvalue weighted by molar-refractivity contribution is 5.92. The molecule has 0 aromatic heterocycles. The van der Waals surface area contributed by atoms with Crippen LogP contribution in [-0.4, -0.2) is 54.2 Å². The van der Waals surface area contributed by atoms with E-state index in [1.54, 1.807) is 7.11 Å². The largest absolute Gasteiger partial charge is 0.394 e. The molecule has 0 amide bonds. The van der Waals surface area contributed by atoms with Crippen molar-refractivity contribution < 1.29 is 14.6 Å². The summed E-state index contributed by atoms with van der Waals surface area (Å²) in [6, 6.07) is 0.378. The molecular weight excluding hydrogens is 194 g/mol. The smallest absolute Gasteiger partial charge is 0.161 e. The Morgan fingerprint density at radius 1 is 1.67 bits per heavy atom. The fraction of sp³-hybridized carbons (Fsp3) is 0.909. The van der Waals surface area contributed by atoms with E-state index >= 15 is 0 Å². The van der Waals surface area contributed by atoms with E-state index in [0.29, 0.717) is 12.6 Å². The number of ether oxygens (including phenoxy) is 1. The van der Waals surface area contributed by atoms with Gasteiger partial charge in [-0.3, -0.25) is 9.69 Å². The van der Waals surface area contributed by atoms with Gasteiger partial charge in [-0.1, -0.05) is 0 Å². The number of hydrogen-bond acceptors (Lipinski definition) is 4. The minimum Gasteiger partial charge on any atom is -0.394 e. The number of hydrogen-bond donors (Lipinski definition) is 1. The highest BCUT2D eigenvalue weighted by Gasteiger charge is 2.55. The topological polar surface area (TPSA) is 49.8 Å². The van der Waals surface area contributed by atoms with Gasteiger partial charge in [0.2, 0.25) is 0 Å². The maximum atomic E-state index is 12.2. The molecule has 1 unspecified atom stereocenters. The normalized spacial score (nSPS) is 44.7. The van der Waals surface area contributed by atoms with Gasteiger partial charge in [-0.2, -0.15) is 0 Å². The zero-order valence-corrected chi connectivity index (χ0v) is 9.40. The third-order valence-electron chi connectivity index (χ3n) is 3.90. The van der Waals surface area contributed by atoms with Crippen LogP contribution in [0.3, 0.4) is 0 Å². The van der Waals surface area contributed by atoms with Crippen molar-refractivity contribution in [3.05, 3.63) is 0 Å². The number of methoxy groups -OCH3 is 1. The molecule has 0 radical (unpaired) electrons. The number of carbonyl (C=O) groups excluding carboxylic acids is 1. The highest BCUT2D eigenvalue weighted by Crippen LogP contribution is 2.39. The third kappa shape index (κ3) is 1.43. The van der Waals surface area contributed by atoms with Crippen molar-refractivity contribution in [2.45, 2.75) is 31.3 Å². The van der Waals surface area contributed by atoms with Crippen LogP contribution in [0.2, 0.25) is 0 Å². The number of ketones is 1. The van der Waals surface area contributed by atoms with Gasteiger partial charge in [0.1, 0.15) is 5.54 Å². The molecule has 1 N–H and O–H groups in total. The number of aliphatic hydroxyl groups excluding tert-OH is 1. The van der Waals surface area contributed by atoms with Crippen molar-refractivity contribution >= 4 is 5.78 Å². The number of rotatable bonds is 3. The van der Waals surface area contributed by atoms with E-state index < -0.39 is 5.54 Å². The van der Waals surface area contributed by atoms with E-state index in [9.17, 15) is 9.90 Å². The van der Waals surface area contributed by atoms with Crippen molar-refractivity contribution in [2.24, 2.45) is 5.92 Å². The fourth-order valence-electron chi connectivity index (χ4n) is 3.17. The molecule has 15 heavy (non-hydrogen) atoms. The molecule has 3 aliphatic heterocycles.